The lowest BCUT2D eigenvalue weighted by Gasteiger charge is -2.22. The molecule has 1 amide bonds. The quantitative estimate of drug-likeness (QED) is 0.811. The molecule has 0 aliphatic carbocycles. The van der Waals surface area contributed by atoms with Gasteiger partial charge in [-0.15, -0.1) is 0 Å². The number of aliphatic carboxylic acids is 1. The van der Waals surface area contributed by atoms with Crippen LogP contribution < -0.4 is 5.32 Å². The molecule has 1 rings (SSSR count). The van der Waals surface area contributed by atoms with E-state index in [9.17, 15) is 9.59 Å². The average molecular weight is 264 g/mol. The summed E-state index contributed by atoms with van der Waals surface area (Å²) in [5.74, 6) is -1.13. The third-order valence-corrected chi connectivity index (χ3v) is 3.09. The van der Waals surface area contributed by atoms with Gasteiger partial charge in [-0.05, 0) is 26.5 Å². The fraction of sp³-hybridized carbons (Fsp3) is 0.429. The molecule has 19 heavy (non-hydrogen) atoms. The molecule has 1 aromatic carbocycles. The highest BCUT2D eigenvalue weighted by Gasteiger charge is 2.19. The first-order chi connectivity index (χ1) is 8.91. The van der Waals surface area contributed by atoms with E-state index >= 15 is 0 Å². The summed E-state index contributed by atoms with van der Waals surface area (Å²) in [5, 5.41) is 11.7. The fourth-order valence-electron chi connectivity index (χ4n) is 1.66. The van der Waals surface area contributed by atoms with Gasteiger partial charge in [0.15, 0.2) is 0 Å². The SMILES string of the molecule is CC(NC(=O)CN(C)C(C)C(=O)O)c1ccccc1. The van der Waals surface area contributed by atoms with Gasteiger partial charge >= 0.3 is 5.97 Å². The second-order valence-electron chi connectivity index (χ2n) is 4.63. The van der Waals surface area contributed by atoms with E-state index in [4.69, 9.17) is 5.11 Å². The molecular weight excluding hydrogens is 244 g/mol. The molecule has 0 aliphatic rings. The molecule has 0 saturated carbocycles. The van der Waals surface area contributed by atoms with Gasteiger partial charge in [-0.2, -0.15) is 0 Å². The molecule has 104 valence electrons. The van der Waals surface area contributed by atoms with Crippen molar-refractivity contribution in [1.82, 2.24) is 10.2 Å². The van der Waals surface area contributed by atoms with Crippen molar-refractivity contribution in [3.63, 3.8) is 0 Å². The number of likely N-dealkylation sites (N-methyl/N-ethyl adjacent to an activating group) is 1. The van der Waals surface area contributed by atoms with Gasteiger partial charge in [0.2, 0.25) is 5.91 Å². The summed E-state index contributed by atoms with van der Waals surface area (Å²) < 4.78 is 0. The van der Waals surface area contributed by atoms with Gasteiger partial charge in [-0.1, -0.05) is 30.3 Å². The van der Waals surface area contributed by atoms with Gasteiger partial charge in [-0.3, -0.25) is 14.5 Å². The maximum atomic E-state index is 11.8. The maximum absolute atomic E-state index is 11.8. The molecule has 0 fully saturated rings. The van der Waals surface area contributed by atoms with Gasteiger partial charge < -0.3 is 10.4 Å². The lowest BCUT2D eigenvalue weighted by atomic mass is 10.1. The van der Waals surface area contributed by atoms with Crippen molar-refractivity contribution in [3.05, 3.63) is 35.9 Å². The van der Waals surface area contributed by atoms with Gasteiger partial charge in [0.05, 0.1) is 12.6 Å². The highest BCUT2D eigenvalue weighted by Crippen LogP contribution is 2.10. The van der Waals surface area contributed by atoms with Crippen LogP contribution in [-0.4, -0.2) is 41.5 Å². The van der Waals surface area contributed by atoms with E-state index in [1.54, 1.807) is 14.0 Å². The number of hydrogen-bond acceptors (Lipinski definition) is 3. The molecular formula is C14H20N2O3. The van der Waals surface area contributed by atoms with Crippen molar-refractivity contribution in [2.24, 2.45) is 0 Å². The molecule has 2 N–H and O–H groups in total. The second-order valence-corrected chi connectivity index (χ2v) is 4.63. The van der Waals surface area contributed by atoms with E-state index in [2.05, 4.69) is 5.32 Å². The highest BCUT2D eigenvalue weighted by molar-refractivity contribution is 5.80. The van der Waals surface area contributed by atoms with Gasteiger partial charge in [0, 0.05) is 0 Å². The number of carboxylic acid groups (broad SMARTS) is 1. The number of carboxylic acids is 1. The molecule has 0 spiro atoms. The van der Waals surface area contributed by atoms with Gasteiger partial charge in [-0.25, -0.2) is 0 Å². The molecule has 2 unspecified atom stereocenters. The molecule has 5 heteroatoms. The molecule has 0 heterocycles. The molecule has 0 aliphatic heterocycles. The molecule has 2 atom stereocenters. The predicted molar refractivity (Wildman–Crippen MR) is 72.7 cm³/mol. The Balaban J connectivity index is 2.50. The maximum Gasteiger partial charge on any atom is 0.320 e. The Labute approximate surface area is 113 Å². The third kappa shape index (κ3) is 4.71. The zero-order chi connectivity index (χ0) is 14.4. The van der Waals surface area contributed by atoms with Crippen molar-refractivity contribution in [3.8, 4) is 0 Å². The van der Waals surface area contributed by atoms with Gasteiger partial charge in [0.25, 0.3) is 0 Å². The predicted octanol–water partition coefficient (Wildman–Crippen LogP) is 1.27. The van der Waals surface area contributed by atoms with Crippen LogP contribution >= 0.6 is 0 Å². The van der Waals surface area contributed by atoms with Crippen LogP contribution in [0.5, 0.6) is 0 Å². The molecule has 5 nitrogen and oxygen atoms in total. The van der Waals surface area contributed by atoms with E-state index in [0.717, 1.165) is 5.56 Å². The minimum absolute atomic E-state index is 0.0602. The summed E-state index contributed by atoms with van der Waals surface area (Å²) in [6.45, 7) is 3.51. The Hall–Kier alpha value is -1.88. The Kier molecular flexibility index (Phi) is 5.51. The highest BCUT2D eigenvalue weighted by atomic mass is 16.4. The Bertz CT molecular complexity index is 434. The van der Waals surface area contributed by atoms with E-state index < -0.39 is 12.0 Å². The van der Waals surface area contributed by atoms with E-state index in [1.165, 1.54) is 4.90 Å². The standard InChI is InChI=1S/C14H20N2O3/c1-10(12-7-5-4-6-8-12)15-13(17)9-16(3)11(2)14(18)19/h4-8,10-11H,9H2,1-3H3,(H,15,17)(H,18,19). The first kappa shape index (κ1) is 15.2. The molecule has 0 saturated heterocycles. The van der Waals surface area contributed by atoms with Crippen LogP contribution in [0.1, 0.15) is 25.5 Å². The lowest BCUT2D eigenvalue weighted by Crippen LogP contribution is -2.43. The van der Waals surface area contributed by atoms with E-state index in [0.29, 0.717) is 0 Å². The Morgan fingerprint density at radius 2 is 1.84 bits per heavy atom. The van der Waals surface area contributed by atoms with Crippen LogP contribution in [0.15, 0.2) is 30.3 Å². The van der Waals surface area contributed by atoms with Crippen LogP contribution in [0.2, 0.25) is 0 Å². The monoisotopic (exact) mass is 264 g/mol. The summed E-state index contributed by atoms with van der Waals surface area (Å²) in [6, 6.07) is 8.84. The number of nitrogens with zero attached hydrogens (tertiary/aromatic N) is 1. The molecule has 1 aromatic rings. The van der Waals surface area contributed by atoms with Crippen LogP contribution in [-0.2, 0) is 9.59 Å². The average Bonchev–Trinajstić information content (AvgIpc) is 2.38. The Morgan fingerprint density at radius 3 is 2.37 bits per heavy atom. The first-order valence-corrected chi connectivity index (χ1v) is 6.19. The number of carbonyl (C=O) groups excluding carboxylic acids is 1. The largest absolute Gasteiger partial charge is 0.480 e. The van der Waals surface area contributed by atoms with Crippen molar-refractivity contribution < 1.29 is 14.7 Å². The number of benzene rings is 1. The topological polar surface area (TPSA) is 69.6 Å². The summed E-state index contributed by atoms with van der Waals surface area (Å²) in [4.78, 5) is 24.1. The number of amides is 1. The van der Waals surface area contributed by atoms with Crippen LogP contribution in [0.3, 0.4) is 0 Å². The smallest absolute Gasteiger partial charge is 0.320 e. The minimum Gasteiger partial charge on any atom is -0.480 e. The fourth-order valence-corrected chi connectivity index (χ4v) is 1.66. The number of hydrogen-bond donors (Lipinski definition) is 2. The summed E-state index contributed by atoms with van der Waals surface area (Å²) in [6.07, 6.45) is 0. The third-order valence-electron chi connectivity index (χ3n) is 3.09. The van der Waals surface area contributed by atoms with E-state index in [1.807, 2.05) is 37.3 Å². The number of nitrogens with one attached hydrogen (secondary N) is 1. The van der Waals surface area contributed by atoms with Crippen molar-refractivity contribution in [2.75, 3.05) is 13.6 Å². The summed E-state index contributed by atoms with van der Waals surface area (Å²) in [5.41, 5.74) is 1.02. The summed E-state index contributed by atoms with van der Waals surface area (Å²) >= 11 is 0. The minimum atomic E-state index is -0.939. The molecule has 0 aromatic heterocycles. The normalized spacial score (nSPS) is 13.9. The Morgan fingerprint density at radius 1 is 1.26 bits per heavy atom. The number of carbonyl (C=O) groups is 2. The lowest BCUT2D eigenvalue weighted by molar-refractivity contribution is -0.142. The van der Waals surface area contributed by atoms with Crippen molar-refractivity contribution in [1.29, 1.82) is 0 Å². The zero-order valence-corrected chi connectivity index (χ0v) is 11.5. The first-order valence-electron chi connectivity index (χ1n) is 6.19. The zero-order valence-electron chi connectivity index (χ0n) is 11.5. The van der Waals surface area contributed by atoms with E-state index in [-0.39, 0.29) is 18.5 Å². The van der Waals surface area contributed by atoms with Crippen LogP contribution in [0, 0.1) is 0 Å². The molecule has 0 radical (unpaired) electrons. The van der Waals surface area contributed by atoms with Gasteiger partial charge in [0.1, 0.15) is 6.04 Å². The van der Waals surface area contributed by atoms with Crippen molar-refractivity contribution >= 4 is 11.9 Å². The molecule has 0 bridgehead atoms. The van der Waals surface area contributed by atoms with Crippen LogP contribution in [0.4, 0.5) is 0 Å². The number of rotatable bonds is 6. The second kappa shape index (κ2) is 6.89. The summed E-state index contributed by atoms with van der Waals surface area (Å²) in [7, 11) is 1.62. The van der Waals surface area contributed by atoms with Crippen LogP contribution in [0.25, 0.3) is 0 Å². The van der Waals surface area contributed by atoms with Crippen molar-refractivity contribution in [2.45, 2.75) is 25.9 Å².